The molecule has 397 valence electrons. The van der Waals surface area contributed by atoms with E-state index in [1.807, 2.05) is 17.8 Å². The molecule has 0 aliphatic carbocycles. The van der Waals surface area contributed by atoms with E-state index in [-0.39, 0.29) is 112 Å². The van der Waals surface area contributed by atoms with Crippen LogP contribution in [0.5, 0.6) is 0 Å². The van der Waals surface area contributed by atoms with Gasteiger partial charge in [-0.3, -0.25) is 49.2 Å². The number of carboxylic acids is 1. The Labute approximate surface area is 419 Å². The Morgan fingerprint density at radius 1 is 0.627 bits per heavy atom. The van der Waals surface area contributed by atoms with Gasteiger partial charge >= 0.3 is 37.2 Å². The van der Waals surface area contributed by atoms with Crippen LogP contribution in [-0.2, 0) is 73.2 Å². The van der Waals surface area contributed by atoms with Crippen molar-refractivity contribution in [3.63, 3.8) is 0 Å². The van der Waals surface area contributed by atoms with E-state index in [1.54, 1.807) is 0 Å². The van der Waals surface area contributed by atoms with E-state index in [0.29, 0.717) is 98.5 Å². The van der Waals surface area contributed by atoms with Gasteiger partial charge in [0.15, 0.2) is 0 Å². The number of carboxylic acid groups (broad SMARTS) is 1. The molecule has 8 N–H and O–H groups in total. The van der Waals surface area contributed by atoms with Gasteiger partial charge in [0, 0.05) is 108 Å². The van der Waals surface area contributed by atoms with Crippen LogP contribution in [0, 0.1) is 5.92 Å². The van der Waals surface area contributed by atoms with Crippen LogP contribution in [0.3, 0.4) is 0 Å². The van der Waals surface area contributed by atoms with Crippen LogP contribution in [0.15, 0.2) is 0 Å². The smallest absolute Gasteiger partial charge is 0 e. The van der Waals surface area contributed by atoms with E-state index in [9.17, 15) is 62.4 Å². The van der Waals surface area contributed by atoms with Gasteiger partial charge in [-0.05, 0) is 57.3 Å². The normalized spacial score (nSPS) is 11.9. The molecule has 0 aromatic carbocycles. The summed E-state index contributed by atoms with van der Waals surface area (Å²) in [5.74, 6) is -4.76. The molecule has 0 radical (unpaired) electrons. The van der Waals surface area contributed by atoms with Gasteiger partial charge < -0.3 is 42.6 Å². The minimum absolute atomic E-state index is 0. The third kappa shape index (κ3) is 46.7. The molecular weight excluding hydrogens is 1190 g/mol. The Hall–Kier alpha value is -2.80. The summed E-state index contributed by atoms with van der Waals surface area (Å²) in [6, 6.07) is 0. The number of nitrogens with zero attached hydrogens (tertiary/aromatic N) is 4. The zero-order valence-electron chi connectivity index (χ0n) is 38.1. The minimum Gasteiger partial charge on any atom is -0.679 e. The fourth-order valence-corrected chi connectivity index (χ4v) is 5.53. The number of Topliss-reactive ketones (excluding diaryl/α,β-unsaturated/α-hetero) is 1. The average molecular weight is 1260 g/mol. The van der Waals surface area contributed by atoms with Gasteiger partial charge in [0.1, 0.15) is 11.8 Å². The summed E-state index contributed by atoms with van der Waals surface area (Å²) in [7, 11) is 0. The van der Waals surface area contributed by atoms with E-state index in [0.717, 1.165) is 38.8 Å². The standard InChI is InChI=1S/C36H64N7O10.C2HF3O2.C2H6N2.BrH.Fe.Pt/c1-29(44)41(51)25-9-3-2-6-12-31(45)13-17-35(49)42(52)26-10-5-8-22-39-33(47)16-18-36(50)43(53)27-11-4-7-21-38-32(46)14-15-34(48)40-28-30-19-23-37-24-20-30;3-2(4,5)1(6)7;3-1-2-4;;;/h30,51-53H,2-28H2,1H3,(H,38,46)(H,39,47)(H,40,48);(H,6,7);3-4H,1-2H2;1H;;/q-1;;-2;;;+1/p-2. The molecule has 6 amide bonds. The molecule has 1 aliphatic heterocycles. The first-order chi connectivity index (χ1) is 31.2. The summed E-state index contributed by atoms with van der Waals surface area (Å²) in [5, 5.41) is 52.6. The van der Waals surface area contributed by atoms with Crippen LogP contribution in [0.1, 0.15) is 129 Å². The monoisotopic (exact) mass is 1260 g/mol. The fourth-order valence-electron chi connectivity index (χ4n) is 5.53. The molecule has 1 fully saturated rings. The van der Waals surface area contributed by atoms with Gasteiger partial charge in [0.2, 0.25) is 35.4 Å². The number of unbranched alkanes of at least 4 members (excludes halogenated alkanes) is 7. The first-order valence-electron chi connectivity index (χ1n) is 21.8. The van der Waals surface area contributed by atoms with Gasteiger partial charge in [-0.2, -0.15) is 26.3 Å². The number of hydroxylamine groups is 6. The van der Waals surface area contributed by atoms with Crippen LogP contribution >= 0.6 is 13.3 Å². The molecule has 0 aromatic rings. The molecule has 0 aromatic heterocycles. The second kappa shape index (κ2) is 46.9. The van der Waals surface area contributed by atoms with Crippen molar-refractivity contribution >= 4 is 60.5 Å². The number of amides is 6. The maximum Gasteiger partial charge on any atom is 0 e. The SMILES string of the molecule is CC(=O)N(O)CCCCCCC(=O)CCC(=O)N(O)CCCCCNC(=O)CCC(=O)N(O)CCCCCNC(=O)CCC(=O)NCC1CC[N-]CC1.O=C([O-])C(F)(F)F.[Br][Pt].[Fe].[NH-]CC[NH-]. The summed E-state index contributed by atoms with van der Waals surface area (Å²) < 4.78 is 31.5. The summed E-state index contributed by atoms with van der Waals surface area (Å²) in [5.41, 5.74) is 12.5. The molecule has 0 spiro atoms. The van der Waals surface area contributed by atoms with Crippen molar-refractivity contribution in [3.8, 4) is 0 Å². The topological polar surface area (TPSA) is 328 Å². The van der Waals surface area contributed by atoms with Crippen molar-refractivity contribution in [2.45, 2.75) is 135 Å². The molecule has 0 atom stereocenters. The van der Waals surface area contributed by atoms with E-state index in [1.165, 1.54) is 6.92 Å². The molecule has 27 heteroatoms. The van der Waals surface area contributed by atoms with Crippen LogP contribution in [0.25, 0.3) is 16.8 Å². The van der Waals surface area contributed by atoms with Crippen molar-refractivity contribution in [2.24, 2.45) is 5.92 Å². The number of hydrogen-bond donors (Lipinski definition) is 6. The molecule has 1 saturated heterocycles. The molecule has 21 nitrogen and oxygen atoms in total. The van der Waals surface area contributed by atoms with Crippen molar-refractivity contribution in [1.82, 2.24) is 31.1 Å². The molecule has 0 unspecified atom stereocenters. The van der Waals surface area contributed by atoms with Gasteiger partial charge in [0.25, 0.3) is 0 Å². The van der Waals surface area contributed by atoms with Crippen LogP contribution < -0.4 is 21.1 Å². The first-order valence-corrected chi connectivity index (χ1v) is 26.8. The van der Waals surface area contributed by atoms with E-state index in [4.69, 9.17) is 21.4 Å². The summed E-state index contributed by atoms with van der Waals surface area (Å²) in [4.78, 5) is 92.1. The molecule has 1 rings (SSSR count). The Morgan fingerprint density at radius 2 is 1.00 bits per heavy atom. The first kappa shape index (κ1) is 70.8. The molecule has 67 heavy (non-hydrogen) atoms. The number of carbonyl (C=O) groups excluding carboxylic acids is 8. The van der Waals surface area contributed by atoms with Gasteiger partial charge in [-0.15, -0.1) is 13.1 Å². The van der Waals surface area contributed by atoms with E-state index >= 15 is 0 Å². The number of ketones is 1. The number of hydrogen-bond acceptors (Lipinski definition) is 12. The number of halogens is 4. The Bertz CT molecular complexity index is 1380. The molecule has 0 saturated carbocycles. The zero-order chi connectivity index (χ0) is 50.8. The fraction of sp³-hybridized carbons (Fsp3) is 0.800. The third-order valence-electron chi connectivity index (χ3n) is 9.35. The number of nitrogens with one attached hydrogen (secondary N) is 5. The molecule has 1 aliphatic rings. The van der Waals surface area contributed by atoms with Gasteiger partial charge in [-0.25, -0.2) is 15.2 Å². The van der Waals surface area contributed by atoms with E-state index < -0.39 is 29.9 Å². The molecule has 1 heterocycles. The second-order valence-electron chi connectivity index (χ2n) is 14.9. The summed E-state index contributed by atoms with van der Waals surface area (Å²) in [6.07, 6.45) is 3.55. The molecule has 0 bridgehead atoms. The van der Waals surface area contributed by atoms with Crippen molar-refractivity contribution in [1.29, 1.82) is 0 Å². The Kier molecular flexibility index (Phi) is 49.5. The largest absolute Gasteiger partial charge is 0.679 e. The van der Waals surface area contributed by atoms with Crippen LogP contribution in [0.2, 0.25) is 0 Å². The van der Waals surface area contributed by atoms with Crippen molar-refractivity contribution in [3.05, 3.63) is 16.8 Å². The summed E-state index contributed by atoms with van der Waals surface area (Å²) in [6.45, 7) is 5.34. The average Bonchev–Trinajstić information content (AvgIpc) is 3.29. The predicted molar refractivity (Wildman–Crippen MR) is 233 cm³/mol. The Balaban J connectivity index is -0.00000124. The number of aliphatic carboxylic acids is 1. The maximum absolute atomic E-state index is 12.2. The predicted octanol–water partition coefficient (Wildman–Crippen LogP) is 4.22. The second-order valence-corrected chi connectivity index (χ2v) is 14.9. The van der Waals surface area contributed by atoms with Crippen LogP contribution in [-0.4, -0.2) is 150 Å². The zero-order valence-corrected chi connectivity index (χ0v) is 43.0. The number of piperidine rings is 1. The van der Waals surface area contributed by atoms with Gasteiger partial charge in [0.05, 0.1) is 0 Å². The van der Waals surface area contributed by atoms with Gasteiger partial charge in [-0.1, -0.05) is 25.7 Å². The number of rotatable bonds is 31. The summed E-state index contributed by atoms with van der Waals surface area (Å²) >= 11 is 4.86. The number of carbonyl (C=O) groups is 8. The number of alkyl halides is 3. The Morgan fingerprint density at radius 3 is 1.42 bits per heavy atom. The maximum atomic E-state index is 12.2. The third-order valence-corrected chi connectivity index (χ3v) is 9.35. The molecular formula is C40H70BrF3FeN9O12Pt-4. The van der Waals surface area contributed by atoms with Crippen molar-refractivity contribution in [2.75, 3.05) is 65.4 Å². The van der Waals surface area contributed by atoms with E-state index in [2.05, 4.69) is 34.6 Å². The minimum atomic E-state index is -5.19. The van der Waals surface area contributed by atoms with Crippen LogP contribution in [0.4, 0.5) is 13.2 Å². The quantitative estimate of drug-likeness (QED) is 0.0246. The van der Waals surface area contributed by atoms with Crippen molar-refractivity contribution < 1.29 is 107 Å².